The van der Waals surface area contributed by atoms with E-state index < -0.39 is 16.1 Å². The van der Waals surface area contributed by atoms with Gasteiger partial charge < -0.3 is 9.80 Å². The summed E-state index contributed by atoms with van der Waals surface area (Å²) in [5.41, 5.74) is 1.03. The number of hydrogen-bond donors (Lipinski definition) is 0. The van der Waals surface area contributed by atoms with Crippen molar-refractivity contribution in [1.82, 2.24) is 14.2 Å². The Morgan fingerprint density at radius 3 is 2.59 bits per heavy atom. The van der Waals surface area contributed by atoms with Gasteiger partial charge in [-0.2, -0.15) is 4.31 Å². The van der Waals surface area contributed by atoms with Crippen LogP contribution in [0.4, 0.5) is 5.13 Å². The number of sulfonamides is 1. The van der Waals surface area contributed by atoms with Crippen LogP contribution in [0.25, 0.3) is 10.2 Å². The average molecular weight is 557 g/mol. The van der Waals surface area contributed by atoms with Crippen LogP contribution in [0.5, 0.6) is 0 Å². The van der Waals surface area contributed by atoms with Gasteiger partial charge in [0.1, 0.15) is 10.3 Å². The van der Waals surface area contributed by atoms with E-state index in [1.54, 1.807) is 29.2 Å². The van der Waals surface area contributed by atoms with E-state index in [-0.39, 0.29) is 10.1 Å². The van der Waals surface area contributed by atoms with Crippen molar-refractivity contribution in [3.63, 3.8) is 0 Å². The number of piperidine rings is 1. The van der Waals surface area contributed by atoms with Crippen molar-refractivity contribution in [2.45, 2.75) is 34.4 Å². The smallest absolute Gasteiger partial charge is 0.253 e. The van der Waals surface area contributed by atoms with Crippen LogP contribution in [-0.4, -0.2) is 73.5 Å². The number of carbonyl (C=O) groups excluding carboxylic acids is 1. The maximum atomic E-state index is 13.5. The molecule has 0 radical (unpaired) electrons. The number of carbonyl (C=O) groups is 1. The van der Waals surface area contributed by atoms with Gasteiger partial charge in [-0.25, -0.2) is 13.4 Å². The Bertz CT molecular complexity index is 1300. The number of thiazole rings is 1. The highest BCUT2D eigenvalue weighted by atomic mass is 35.5. The Hall–Kier alpha value is -1.37. The lowest BCUT2D eigenvalue weighted by Gasteiger charge is -2.40. The standard InChI is InChI=1S/C22H25ClN4O3S4/c1-31-16-6-4-7-17-20(16)24-22(32-17)26-13-11-25(12-14-26)21(28)15-5-2-3-10-27(15)34(29,30)19-9-8-18(23)33-19/h4,6-9,15H,2-3,5,10-14H2,1H3. The van der Waals surface area contributed by atoms with Crippen molar-refractivity contribution >= 4 is 77.3 Å². The number of hydrogen-bond acceptors (Lipinski definition) is 8. The monoisotopic (exact) mass is 556 g/mol. The Morgan fingerprint density at radius 1 is 1.09 bits per heavy atom. The number of benzene rings is 1. The summed E-state index contributed by atoms with van der Waals surface area (Å²) in [6.07, 6.45) is 4.20. The molecule has 4 heterocycles. The fraction of sp³-hybridized carbons (Fsp3) is 0.455. The van der Waals surface area contributed by atoms with E-state index >= 15 is 0 Å². The number of thioether (sulfide) groups is 1. The van der Waals surface area contributed by atoms with Crippen LogP contribution in [0.1, 0.15) is 19.3 Å². The van der Waals surface area contributed by atoms with Crippen molar-refractivity contribution in [2.24, 2.45) is 0 Å². The van der Waals surface area contributed by atoms with E-state index in [1.165, 1.54) is 15.3 Å². The molecule has 5 rings (SSSR count). The number of anilines is 1. The van der Waals surface area contributed by atoms with Crippen molar-refractivity contribution in [1.29, 1.82) is 0 Å². The van der Waals surface area contributed by atoms with Crippen molar-refractivity contribution in [2.75, 3.05) is 43.9 Å². The number of amides is 1. The van der Waals surface area contributed by atoms with Crippen molar-refractivity contribution in [3.05, 3.63) is 34.7 Å². The third-order valence-electron chi connectivity index (χ3n) is 6.30. The second kappa shape index (κ2) is 9.94. The summed E-state index contributed by atoms with van der Waals surface area (Å²) in [7, 11) is -3.75. The molecule has 182 valence electrons. The van der Waals surface area contributed by atoms with E-state index in [0.717, 1.165) is 39.5 Å². The zero-order chi connectivity index (χ0) is 23.9. The molecule has 2 aliphatic rings. The molecule has 1 unspecified atom stereocenters. The van der Waals surface area contributed by atoms with E-state index in [1.807, 2.05) is 4.90 Å². The van der Waals surface area contributed by atoms with Crippen LogP contribution >= 0.6 is 46.0 Å². The van der Waals surface area contributed by atoms with Gasteiger partial charge in [0.25, 0.3) is 10.0 Å². The van der Waals surface area contributed by atoms with E-state index in [4.69, 9.17) is 16.6 Å². The highest BCUT2D eigenvalue weighted by molar-refractivity contribution is 7.98. The van der Waals surface area contributed by atoms with Gasteiger partial charge in [0.2, 0.25) is 5.91 Å². The zero-order valence-electron chi connectivity index (χ0n) is 18.6. The summed E-state index contributed by atoms with van der Waals surface area (Å²) in [5.74, 6) is -0.0976. The SMILES string of the molecule is CSc1cccc2sc(N3CCN(C(=O)C4CCCCN4S(=O)(=O)c4ccc(Cl)s4)CC3)nc12. The van der Waals surface area contributed by atoms with Gasteiger partial charge in [0, 0.05) is 37.6 Å². The normalized spacial score (nSPS) is 20.2. The van der Waals surface area contributed by atoms with Gasteiger partial charge in [-0.05, 0) is 43.4 Å². The first-order valence-corrected chi connectivity index (χ1v) is 15.8. The third-order valence-corrected chi connectivity index (χ3v) is 11.8. The predicted octanol–water partition coefficient (Wildman–Crippen LogP) is 4.63. The van der Waals surface area contributed by atoms with Crippen LogP contribution in [0.3, 0.4) is 0 Å². The number of nitrogens with zero attached hydrogens (tertiary/aromatic N) is 4. The lowest BCUT2D eigenvalue weighted by Crippen LogP contribution is -2.57. The first kappa shape index (κ1) is 24.3. The number of aromatic nitrogens is 1. The van der Waals surface area contributed by atoms with Gasteiger partial charge in [-0.3, -0.25) is 4.79 Å². The summed E-state index contributed by atoms with van der Waals surface area (Å²) in [6, 6.07) is 8.69. The van der Waals surface area contributed by atoms with E-state index in [0.29, 0.717) is 43.5 Å². The molecule has 0 bridgehead atoms. The molecule has 0 N–H and O–H groups in total. The molecule has 2 fully saturated rings. The van der Waals surface area contributed by atoms with Gasteiger partial charge in [-0.1, -0.05) is 35.4 Å². The summed E-state index contributed by atoms with van der Waals surface area (Å²) < 4.78 is 29.7. The number of thiophene rings is 1. The molecule has 7 nitrogen and oxygen atoms in total. The average Bonchev–Trinajstić information content (AvgIpc) is 3.50. The van der Waals surface area contributed by atoms with Gasteiger partial charge in [-0.15, -0.1) is 23.1 Å². The second-order valence-electron chi connectivity index (χ2n) is 8.30. The van der Waals surface area contributed by atoms with E-state index in [9.17, 15) is 13.2 Å². The predicted molar refractivity (Wildman–Crippen MR) is 141 cm³/mol. The van der Waals surface area contributed by atoms with Crippen LogP contribution in [0.15, 0.2) is 39.4 Å². The summed E-state index contributed by atoms with van der Waals surface area (Å²) in [4.78, 5) is 23.6. The molecular formula is C22H25ClN4O3S4. The van der Waals surface area contributed by atoms with Gasteiger partial charge in [0.15, 0.2) is 5.13 Å². The van der Waals surface area contributed by atoms with Crippen LogP contribution < -0.4 is 4.90 Å². The van der Waals surface area contributed by atoms with E-state index in [2.05, 4.69) is 29.4 Å². The first-order valence-electron chi connectivity index (χ1n) is 11.1. The Balaban J connectivity index is 1.29. The molecular weight excluding hydrogens is 532 g/mol. The number of para-hydroxylation sites is 1. The van der Waals surface area contributed by atoms with Crippen LogP contribution in [0, 0.1) is 0 Å². The number of halogens is 1. The van der Waals surface area contributed by atoms with Crippen LogP contribution in [-0.2, 0) is 14.8 Å². The molecule has 1 amide bonds. The molecule has 0 spiro atoms. The van der Waals surface area contributed by atoms with Crippen LogP contribution in [0.2, 0.25) is 4.34 Å². The minimum Gasteiger partial charge on any atom is -0.345 e. The van der Waals surface area contributed by atoms with Gasteiger partial charge in [0.05, 0.1) is 14.6 Å². The molecule has 1 atom stereocenters. The molecule has 12 heteroatoms. The minimum absolute atomic E-state index is 0.0976. The molecule has 2 saturated heterocycles. The number of fused-ring (bicyclic) bond motifs is 1. The molecule has 34 heavy (non-hydrogen) atoms. The fourth-order valence-corrected chi connectivity index (χ4v) is 9.47. The molecule has 1 aromatic carbocycles. The highest BCUT2D eigenvalue weighted by Crippen LogP contribution is 2.35. The Labute approximate surface area is 216 Å². The fourth-order valence-electron chi connectivity index (χ4n) is 4.53. The van der Waals surface area contributed by atoms with Crippen molar-refractivity contribution < 1.29 is 13.2 Å². The zero-order valence-corrected chi connectivity index (χ0v) is 22.7. The van der Waals surface area contributed by atoms with Crippen molar-refractivity contribution in [3.8, 4) is 0 Å². The second-order valence-corrected chi connectivity index (χ2v) is 14.0. The molecule has 2 aliphatic heterocycles. The maximum Gasteiger partial charge on any atom is 0.253 e. The number of piperazine rings is 1. The van der Waals surface area contributed by atoms with Gasteiger partial charge >= 0.3 is 0 Å². The quantitative estimate of drug-likeness (QED) is 0.427. The molecule has 2 aromatic heterocycles. The summed E-state index contributed by atoms with van der Waals surface area (Å²) in [5, 5.41) is 0.972. The molecule has 0 aliphatic carbocycles. The molecule has 3 aromatic rings. The maximum absolute atomic E-state index is 13.5. The minimum atomic E-state index is -3.75. The Kier molecular flexibility index (Phi) is 7.12. The lowest BCUT2D eigenvalue weighted by atomic mass is 10.0. The number of rotatable bonds is 5. The third kappa shape index (κ3) is 4.58. The first-order chi connectivity index (χ1) is 16.4. The summed E-state index contributed by atoms with van der Waals surface area (Å²) >= 11 is 10.4. The Morgan fingerprint density at radius 2 is 1.88 bits per heavy atom. The summed E-state index contributed by atoms with van der Waals surface area (Å²) in [6.45, 7) is 2.83. The highest BCUT2D eigenvalue weighted by Gasteiger charge is 2.40. The largest absolute Gasteiger partial charge is 0.345 e. The molecule has 0 saturated carbocycles. The topological polar surface area (TPSA) is 73.8 Å². The lowest BCUT2D eigenvalue weighted by molar-refractivity contribution is -0.136.